The van der Waals surface area contributed by atoms with Gasteiger partial charge in [-0.25, -0.2) is 9.38 Å². The number of aliphatic imine (C=N–C) groups is 1. The second kappa shape index (κ2) is 9.80. The van der Waals surface area contributed by atoms with Crippen molar-refractivity contribution in [3.05, 3.63) is 97.5 Å². The monoisotopic (exact) mass is 560 g/mol. The van der Waals surface area contributed by atoms with Gasteiger partial charge in [-0.05, 0) is 97.2 Å². The first-order valence-electron chi connectivity index (χ1n) is 9.19. The third-order valence-electron chi connectivity index (χ3n) is 4.25. The van der Waals surface area contributed by atoms with Crippen LogP contribution in [0.4, 0.5) is 10.1 Å². The van der Waals surface area contributed by atoms with Gasteiger partial charge in [-0.3, -0.25) is 4.79 Å². The van der Waals surface area contributed by atoms with E-state index in [0.29, 0.717) is 28.1 Å². The topological polar surface area (TPSA) is 50.7 Å². The molecule has 8 heteroatoms. The number of rotatable bonds is 5. The number of ether oxygens (including phenoxy) is 1. The van der Waals surface area contributed by atoms with E-state index in [4.69, 9.17) is 4.74 Å². The molecule has 4 nitrogen and oxygen atoms in total. The Hall–Kier alpha value is -2.42. The van der Waals surface area contributed by atoms with Crippen LogP contribution in [0.2, 0.25) is 0 Å². The summed E-state index contributed by atoms with van der Waals surface area (Å²) in [4.78, 5) is 17.2. The van der Waals surface area contributed by atoms with Crippen LogP contribution >= 0.6 is 43.6 Å². The van der Waals surface area contributed by atoms with Gasteiger partial charge in [0.05, 0.1) is 19.5 Å². The largest absolute Gasteiger partial charge is 0.487 e. The summed E-state index contributed by atoms with van der Waals surface area (Å²) < 4.78 is 20.5. The van der Waals surface area contributed by atoms with Gasteiger partial charge in [0.15, 0.2) is 5.17 Å². The van der Waals surface area contributed by atoms with E-state index in [-0.39, 0.29) is 11.7 Å². The fourth-order valence-corrected chi connectivity index (χ4v) is 5.09. The number of nitrogens with one attached hydrogen (secondary N) is 1. The van der Waals surface area contributed by atoms with Crippen molar-refractivity contribution in [2.75, 3.05) is 0 Å². The summed E-state index contributed by atoms with van der Waals surface area (Å²) >= 11 is 8.33. The normalized spacial score (nSPS) is 16.0. The number of hydrogen-bond donors (Lipinski definition) is 1. The van der Waals surface area contributed by atoms with Crippen molar-refractivity contribution in [2.45, 2.75) is 6.61 Å². The summed E-state index contributed by atoms with van der Waals surface area (Å²) in [5.74, 6) is 0.121. The Morgan fingerprint density at radius 2 is 1.71 bits per heavy atom. The second-order valence-corrected chi connectivity index (χ2v) is 9.29. The molecule has 1 saturated heterocycles. The van der Waals surface area contributed by atoms with Crippen LogP contribution < -0.4 is 10.1 Å². The molecular weight excluding hydrogens is 547 g/mol. The average Bonchev–Trinajstić information content (AvgIpc) is 3.08. The first-order valence-corrected chi connectivity index (χ1v) is 11.6. The van der Waals surface area contributed by atoms with Gasteiger partial charge in [0.2, 0.25) is 0 Å². The fourth-order valence-electron chi connectivity index (χ4n) is 2.80. The molecule has 1 fully saturated rings. The molecule has 3 aromatic carbocycles. The highest BCUT2D eigenvalue weighted by Gasteiger charge is 2.24. The Bertz CT molecular complexity index is 1160. The molecule has 31 heavy (non-hydrogen) atoms. The number of amidine groups is 1. The summed E-state index contributed by atoms with van der Waals surface area (Å²) in [5, 5.41) is 3.18. The minimum atomic E-state index is -0.333. The highest BCUT2D eigenvalue weighted by Crippen LogP contribution is 2.37. The maximum atomic E-state index is 13.0. The lowest BCUT2D eigenvalue weighted by molar-refractivity contribution is -0.115. The van der Waals surface area contributed by atoms with Gasteiger partial charge < -0.3 is 10.1 Å². The van der Waals surface area contributed by atoms with Crippen LogP contribution in [0.15, 0.2) is 85.6 Å². The van der Waals surface area contributed by atoms with E-state index in [1.807, 2.05) is 42.5 Å². The molecule has 0 aliphatic carbocycles. The van der Waals surface area contributed by atoms with Crippen LogP contribution in [-0.2, 0) is 11.4 Å². The number of carbonyl (C=O) groups excluding carboxylic acids is 1. The number of nitrogens with zero attached hydrogens (tertiary/aromatic N) is 1. The van der Waals surface area contributed by atoms with Crippen LogP contribution in [0.1, 0.15) is 11.1 Å². The van der Waals surface area contributed by atoms with Gasteiger partial charge >= 0.3 is 0 Å². The van der Waals surface area contributed by atoms with E-state index in [9.17, 15) is 9.18 Å². The minimum Gasteiger partial charge on any atom is -0.487 e. The van der Waals surface area contributed by atoms with Crippen molar-refractivity contribution in [1.29, 1.82) is 0 Å². The maximum Gasteiger partial charge on any atom is 0.264 e. The van der Waals surface area contributed by atoms with Gasteiger partial charge in [0.1, 0.15) is 18.2 Å². The second-order valence-electron chi connectivity index (χ2n) is 6.55. The molecule has 0 atom stereocenters. The molecule has 0 saturated carbocycles. The molecule has 0 bridgehead atoms. The molecular formula is C23H15Br2FN2O2S. The predicted molar refractivity (Wildman–Crippen MR) is 130 cm³/mol. The Balaban J connectivity index is 1.50. The number of thioether (sulfide) groups is 1. The molecule has 4 rings (SSSR count). The van der Waals surface area contributed by atoms with Gasteiger partial charge in [0, 0.05) is 0 Å². The van der Waals surface area contributed by atoms with Gasteiger partial charge in [-0.15, -0.1) is 0 Å². The van der Waals surface area contributed by atoms with Crippen molar-refractivity contribution >= 4 is 66.5 Å². The van der Waals surface area contributed by atoms with E-state index in [0.717, 1.165) is 20.1 Å². The lowest BCUT2D eigenvalue weighted by atomic mass is 10.2. The van der Waals surface area contributed by atoms with Crippen molar-refractivity contribution in [3.63, 3.8) is 0 Å². The first-order chi connectivity index (χ1) is 15.0. The van der Waals surface area contributed by atoms with Gasteiger partial charge in [-0.2, -0.15) is 0 Å². The SMILES string of the molecule is O=C1NC(=Nc2ccc(F)cc2)S/C1=C/c1cc(Br)c(OCc2ccccc2)c(Br)c1. The highest BCUT2D eigenvalue weighted by atomic mass is 79.9. The van der Waals surface area contributed by atoms with Crippen molar-refractivity contribution in [2.24, 2.45) is 4.99 Å². The summed E-state index contributed by atoms with van der Waals surface area (Å²) in [6.45, 7) is 0.444. The van der Waals surface area contributed by atoms with Crippen LogP contribution in [0.3, 0.4) is 0 Å². The predicted octanol–water partition coefficient (Wildman–Crippen LogP) is 6.82. The van der Waals surface area contributed by atoms with Crippen LogP contribution in [0.25, 0.3) is 6.08 Å². The summed E-state index contributed by atoms with van der Waals surface area (Å²) in [7, 11) is 0. The van der Waals surface area contributed by atoms with Crippen LogP contribution in [-0.4, -0.2) is 11.1 Å². The number of hydrogen-bond acceptors (Lipinski definition) is 4. The van der Waals surface area contributed by atoms with Crippen molar-refractivity contribution in [1.82, 2.24) is 5.32 Å². The molecule has 1 N–H and O–H groups in total. The first kappa shape index (κ1) is 21.8. The molecule has 1 aliphatic heterocycles. The van der Waals surface area contributed by atoms with Gasteiger partial charge in [0.25, 0.3) is 5.91 Å². The van der Waals surface area contributed by atoms with E-state index < -0.39 is 0 Å². The summed E-state index contributed by atoms with van der Waals surface area (Å²) in [6, 6.07) is 19.4. The summed E-state index contributed by atoms with van der Waals surface area (Å²) in [6.07, 6.45) is 1.78. The number of carbonyl (C=O) groups is 1. The summed E-state index contributed by atoms with van der Waals surface area (Å²) in [5.41, 5.74) is 2.46. The zero-order valence-electron chi connectivity index (χ0n) is 15.9. The molecule has 1 amide bonds. The number of benzene rings is 3. The highest BCUT2D eigenvalue weighted by molar-refractivity contribution is 9.11. The molecule has 1 heterocycles. The average molecular weight is 562 g/mol. The van der Waals surface area contributed by atoms with Crippen LogP contribution in [0.5, 0.6) is 5.75 Å². The van der Waals surface area contributed by atoms with E-state index in [1.165, 1.54) is 23.9 Å². The number of halogens is 3. The standard InChI is InChI=1S/C23H15Br2FN2O2S/c24-18-10-15(11-19(25)21(18)30-13-14-4-2-1-3-5-14)12-20-22(29)28-23(31-20)27-17-8-6-16(26)7-9-17/h1-12H,13H2,(H,27,28,29)/b20-12+. The molecule has 156 valence electrons. The minimum absolute atomic E-state index is 0.234. The van der Waals surface area contributed by atoms with Crippen molar-refractivity contribution in [3.8, 4) is 5.75 Å². The fraction of sp³-hybridized carbons (Fsp3) is 0.0435. The Morgan fingerprint density at radius 3 is 2.39 bits per heavy atom. The molecule has 0 radical (unpaired) electrons. The molecule has 3 aromatic rings. The third-order valence-corrected chi connectivity index (χ3v) is 6.34. The number of amides is 1. The van der Waals surface area contributed by atoms with E-state index in [1.54, 1.807) is 18.2 Å². The maximum absolute atomic E-state index is 13.0. The Labute approximate surface area is 199 Å². The molecule has 0 aromatic heterocycles. The quantitative estimate of drug-likeness (QED) is 0.348. The van der Waals surface area contributed by atoms with Gasteiger partial charge in [-0.1, -0.05) is 30.3 Å². The van der Waals surface area contributed by atoms with E-state index in [2.05, 4.69) is 42.2 Å². The van der Waals surface area contributed by atoms with Crippen molar-refractivity contribution < 1.29 is 13.9 Å². The Morgan fingerprint density at radius 1 is 1.03 bits per heavy atom. The molecule has 1 aliphatic rings. The lowest BCUT2D eigenvalue weighted by Crippen LogP contribution is -2.19. The van der Waals surface area contributed by atoms with Crippen LogP contribution in [0, 0.1) is 5.82 Å². The molecule has 0 spiro atoms. The zero-order valence-corrected chi connectivity index (χ0v) is 19.9. The molecule has 0 unspecified atom stereocenters. The Kier molecular flexibility index (Phi) is 6.89. The zero-order chi connectivity index (χ0) is 21.8. The van der Waals surface area contributed by atoms with E-state index >= 15 is 0 Å². The third kappa shape index (κ3) is 5.64. The smallest absolute Gasteiger partial charge is 0.264 e. The lowest BCUT2D eigenvalue weighted by Gasteiger charge is -2.11.